The Morgan fingerprint density at radius 2 is 2.17 bits per heavy atom. The van der Waals surface area contributed by atoms with Crippen molar-refractivity contribution in [2.24, 2.45) is 5.92 Å². The lowest BCUT2D eigenvalue weighted by Crippen LogP contribution is -2.35. The Bertz CT molecular complexity index is 1040. The number of aromatic nitrogens is 2. The van der Waals surface area contributed by atoms with Gasteiger partial charge in [0.25, 0.3) is 0 Å². The standard InChI is InChI=1S/C22H24N4O3S/c1-15-11-19(20-7-4-10-30-20)24-26(15)9-8-23-22(28)16-12-21(27)25(14-16)17-5-3-6-18(13-17)29-2/h3-7,10-11,13,16H,8-9,12,14H2,1-2H3,(H,23,28). The van der Waals surface area contributed by atoms with Gasteiger partial charge in [-0.25, -0.2) is 0 Å². The van der Waals surface area contributed by atoms with E-state index >= 15 is 0 Å². The molecule has 2 aromatic heterocycles. The Labute approximate surface area is 179 Å². The van der Waals surface area contributed by atoms with E-state index in [9.17, 15) is 9.59 Å². The van der Waals surface area contributed by atoms with Gasteiger partial charge in [-0.1, -0.05) is 12.1 Å². The molecule has 30 heavy (non-hydrogen) atoms. The maximum atomic E-state index is 12.6. The molecule has 1 aliphatic rings. The van der Waals surface area contributed by atoms with E-state index in [1.54, 1.807) is 23.3 Å². The number of hydrogen-bond donors (Lipinski definition) is 1. The fourth-order valence-corrected chi connectivity index (χ4v) is 4.30. The van der Waals surface area contributed by atoms with Gasteiger partial charge in [-0.05, 0) is 36.6 Å². The molecule has 3 heterocycles. The molecule has 4 rings (SSSR count). The smallest absolute Gasteiger partial charge is 0.227 e. The minimum atomic E-state index is -0.357. The number of nitrogens with zero attached hydrogens (tertiary/aromatic N) is 3. The van der Waals surface area contributed by atoms with Gasteiger partial charge in [0.15, 0.2) is 0 Å². The van der Waals surface area contributed by atoms with Crippen molar-refractivity contribution in [2.45, 2.75) is 19.9 Å². The highest BCUT2D eigenvalue weighted by Crippen LogP contribution is 2.28. The van der Waals surface area contributed by atoms with E-state index in [0.29, 0.717) is 25.4 Å². The van der Waals surface area contributed by atoms with Crippen molar-refractivity contribution in [3.8, 4) is 16.3 Å². The summed E-state index contributed by atoms with van der Waals surface area (Å²) < 4.78 is 7.13. The van der Waals surface area contributed by atoms with E-state index in [1.165, 1.54) is 0 Å². The summed E-state index contributed by atoms with van der Waals surface area (Å²) in [6, 6.07) is 13.4. The second kappa shape index (κ2) is 8.71. The first-order valence-corrected chi connectivity index (χ1v) is 10.7. The molecule has 1 aromatic carbocycles. The van der Waals surface area contributed by atoms with E-state index in [-0.39, 0.29) is 24.2 Å². The van der Waals surface area contributed by atoms with Crippen LogP contribution in [-0.4, -0.2) is 41.8 Å². The van der Waals surface area contributed by atoms with E-state index in [4.69, 9.17) is 4.74 Å². The zero-order valence-corrected chi connectivity index (χ0v) is 17.8. The lowest BCUT2D eigenvalue weighted by molar-refractivity contribution is -0.126. The Balaban J connectivity index is 1.32. The molecule has 1 N–H and O–H groups in total. The van der Waals surface area contributed by atoms with Crippen LogP contribution in [0.25, 0.3) is 10.6 Å². The summed E-state index contributed by atoms with van der Waals surface area (Å²) >= 11 is 1.65. The molecule has 0 spiro atoms. The molecule has 0 saturated carbocycles. The number of amides is 2. The first-order valence-electron chi connectivity index (χ1n) is 9.85. The lowest BCUT2D eigenvalue weighted by Gasteiger charge is -2.17. The number of aryl methyl sites for hydroxylation is 1. The van der Waals surface area contributed by atoms with Crippen LogP contribution in [0.4, 0.5) is 5.69 Å². The number of hydrogen-bond acceptors (Lipinski definition) is 5. The molecular weight excluding hydrogens is 400 g/mol. The maximum Gasteiger partial charge on any atom is 0.227 e. The molecule has 1 saturated heterocycles. The van der Waals surface area contributed by atoms with Crippen LogP contribution >= 0.6 is 11.3 Å². The maximum absolute atomic E-state index is 12.6. The zero-order valence-electron chi connectivity index (χ0n) is 17.0. The molecule has 1 aliphatic heterocycles. The van der Waals surface area contributed by atoms with Gasteiger partial charge < -0.3 is 15.0 Å². The largest absolute Gasteiger partial charge is 0.497 e. The summed E-state index contributed by atoms with van der Waals surface area (Å²) in [7, 11) is 1.59. The summed E-state index contributed by atoms with van der Waals surface area (Å²) in [5, 5.41) is 9.62. The number of carbonyl (C=O) groups is 2. The second-order valence-corrected chi connectivity index (χ2v) is 8.22. The first-order chi connectivity index (χ1) is 14.5. The van der Waals surface area contributed by atoms with Crippen LogP contribution in [0.1, 0.15) is 12.1 Å². The summed E-state index contributed by atoms with van der Waals surface area (Å²) in [5.74, 6) is 0.178. The molecule has 1 unspecified atom stereocenters. The molecule has 1 fully saturated rings. The van der Waals surface area contributed by atoms with Gasteiger partial charge in [0, 0.05) is 37.0 Å². The molecule has 7 nitrogen and oxygen atoms in total. The summed E-state index contributed by atoms with van der Waals surface area (Å²) in [6.07, 6.45) is 0.215. The van der Waals surface area contributed by atoms with Crippen molar-refractivity contribution in [1.29, 1.82) is 0 Å². The second-order valence-electron chi connectivity index (χ2n) is 7.27. The molecule has 0 bridgehead atoms. The number of anilines is 1. The number of rotatable bonds is 7. The minimum absolute atomic E-state index is 0.0492. The van der Waals surface area contributed by atoms with E-state index in [0.717, 1.165) is 22.0 Å². The van der Waals surface area contributed by atoms with Crippen LogP contribution in [-0.2, 0) is 16.1 Å². The van der Waals surface area contributed by atoms with Crippen molar-refractivity contribution >= 4 is 28.8 Å². The number of benzene rings is 1. The lowest BCUT2D eigenvalue weighted by atomic mass is 10.1. The Morgan fingerprint density at radius 1 is 1.30 bits per heavy atom. The topological polar surface area (TPSA) is 76.5 Å². The molecule has 2 amide bonds. The molecule has 156 valence electrons. The SMILES string of the molecule is COc1cccc(N2CC(C(=O)NCCn3nc(-c4cccs4)cc3C)CC2=O)c1. The number of thiophene rings is 1. The number of carbonyl (C=O) groups excluding carboxylic acids is 2. The molecule has 3 aromatic rings. The van der Waals surface area contributed by atoms with Crippen LogP contribution in [0.5, 0.6) is 5.75 Å². The van der Waals surface area contributed by atoms with Gasteiger partial charge in [-0.15, -0.1) is 11.3 Å². The van der Waals surface area contributed by atoms with E-state index in [1.807, 2.05) is 53.4 Å². The third kappa shape index (κ3) is 4.23. The highest BCUT2D eigenvalue weighted by molar-refractivity contribution is 7.13. The summed E-state index contributed by atoms with van der Waals surface area (Å²) in [4.78, 5) is 27.8. The quantitative estimate of drug-likeness (QED) is 0.632. The van der Waals surface area contributed by atoms with Crippen molar-refractivity contribution < 1.29 is 14.3 Å². The molecular formula is C22H24N4O3S. The van der Waals surface area contributed by atoms with Crippen molar-refractivity contribution in [3.05, 3.63) is 53.5 Å². The van der Waals surface area contributed by atoms with E-state index in [2.05, 4.69) is 16.5 Å². The molecule has 0 radical (unpaired) electrons. The third-order valence-corrected chi connectivity index (χ3v) is 6.13. The van der Waals surface area contributed by atoms with Gasteiger partial charge >= 0.3 is 0 Å². The molecule has 1 atom stereocenters. The number of methoxy groups -OCH3 is 1. The average Bonchev–Trinajstić information content (AvgIpc) is 3.48. The number of ether oxygens (including phenoxy) is 1. The van der Waals surface area contributed by atoms with Crippen molar-refractivity contribution in [1.82, 2.24) is 15.1 Å². The predicted octanol–water partition coefficient (Wildman–Crippen LogP) is 3.10. The minimum Gasteiger partial charge on any atom is -0.497 e. The van der Waals surface area contributed by atoms with Crippen LogP contribution in [0.2, 0.25) is 0 Å². The first kappa shape index (κ1) is 20.2. The van der Waals surface area contributed by atoms with Gasteiger partial charge in [-0.3, -0.25) is 14.3 Å². The monoisotopic (exact) mass is 424 g/mol. The van der Waals surface area contributed by atoms with Gasteiger partial charge in [0.2, 0.25) is 11.8 Å². The van der Waals surface area contributed by atoms with Gasteiger partial charge in [0.05, 0.1) is 24.4 Å². The summed E-state index contributed by atoms with van der Waals surface area (Å²) in [5.41, 5.74) is 2.75. The fourth-order valence-electron chi connectivity index (χ4n) is 3.62. The normalized spacial score (nSPS) is 16.1. The van der Waals surface area contributed by atoms with Crippen LogP contribution in [0, 0.1) is 12.8 Å². The van der Waals surface area contributed by atoms with Gasteiger partial charge in [-0.2, -0.15) is 5.10 Å². The van der Waals surface area contributed by atoms with Gasteiger partial charge in [0.1, 0.15) is 11.4 Å². The van der Waals surface area contributed by atoms with Crippen molar-refractivity contribution in [2.75, 3.05) is 25.1 Å². The number of nitrogens with one attached hydrogen (secondary N) is 1. The highest BCUT2D eigenvalue weighted by atomic mass is 32.1. The third-order valence-electron chi connectivity index (χ3n) is 5.24. The van der Waals surface area contributed by atoms with Crippen LogP contribution in [0.3, 0.4) is 0 Å². The fraction of sp³-hybridized carbons (Fsp3) is 0.318. The Hall–Kier alpha value is -3.13. The summed E-state index contributed by atoms with van der Waals surface area (Å²) in [6.45, 7) is 3.44. The Kier molecular flexibility index (Phi) is 5.85. The van der Waals surface area contributed by atoms with E-state index < -0.39 is 0 Å². The predicted molar refractivity (Wildman–Crippen MR) is 117 cm³/mol. The average molecular weight is 425 g/mol. The van der Waals surface area contributed by atoms with Crippen molar-refractivity contribution in [3.63, 3.8) is 0 Å². The van der Waals surface area contributed by atoms with Crippen LogP contribution < -0.4 is 15.0 Å². The molecule has 8 heteroatoms. The Morgan fingerprint density at radius 3 is 2.93 bits per heavy atom. The molecule has 0 aliphatic carbocycles. The zero-order chi connectivity index (χ0) is 21.1. The highest BCUT2D eigenvalue weighted by Gasteiger charge is 2.35. The van der Waals surface area contributed by atoms with Crippen LogP contribution in [0.15, 0.2) is 47.8 Å².